The third-order valence-electron chi connectivity index (χ3n) is 5.20. The van der Waals surface area contributed by atoms with Gasteiger partial charge in [0.15, 0.2) is 0 Å². The number of aromatic amines is 1. The molecule has 0 radical (unpaired) electrons. The van der Waals surface area contributed by atoms with Gasteiger partial charge in [0.2, 0.25) is 5.91 Å². The molecule has 1 aliphatic rings. The molecule has 0 atom stereocenters. The zero-order chi connectivity index (χ0) is 17.4. The van der Waals surface area contributed by atoms with Crippen LogP contribution in [0.4, 0.5) is 0 Å². The number of hydrogen-bond acceptors (Lipinski definition) is 1. The highest BCUT2D eigenvalue weighted by Gasteiger charge is 2.53. The molecule has 4 heteroatoms. The molecular formula is C21H21ClN2O. The lowest BCUT2D eigenvalue weighted by molar-refractivity contribution is -0.134. The first-order valence-electron chi connectivity index (χ1n) is 8.74. The Labute approximate surface area is 152 Å². The molecule has 25 heavy (non-hydrogen) atoms. The fourth-order valence-corrected chi connectivity index (χ4v) is 3.82. The Balaban J connectivity index is 1.67. The van der Waals surface area contributed by atoms with E-state index < -0.39 is 5.41 Å². The molecule has 1 saturated carbocycles. The molecule has 4 rings (SSSR count). The van der Waals surface area contributed by atoms with Gasteiger partial charge in [0.1, 0.15) is 0 Å². The van der Waals surface area contributed by atoms with E-state index in [1.165, 1.54) is 0 Å². The van der Waals surface area contributed by atoms with E-state index in [4.69, 9.17) is 11.6 Å². The number of carbonyl (C=O) groups excluding carboxylic acids is 1. The Morgan fingerprint density at radius 3 is 2.64 bits per heavy atom. The third-order valence-corrected chi connectivity index (χ3v) is 5.44. The van der Waals surface area contributed by atoms with Crippen molar-refractivity contribution in [3.05, 3.63) is 70.9 Å². The van der Waals surface area contributed by atoms with Crippen molar-refractivity contribution in [3.8, 4) is 0 Å². The number of hydrogen-bond donors (Lipinski definition) is 1. The van der Waals surface area contributed by atoms with Crippen LogP contribution in [0.1, 0.15) is 30.9 Å². The standard InChI is InChI=1S/C21H21ClN2O/c1-2-24(14-15-6-4-3-5-7-15)20(25)21(10-11-21)18-13-23-19-9-8-16(22)12-17(18)19/h3-9,12-13,23H,2,10-11,14H2,1H3. The topological polar surface area (TPSA) is 36.1 Å². The van der Waals surface area contributed by atoms with Crippen molar-refractivity contribution in [2.75, 3.05) is 6.54 Å². The number of carbonyl (C=O) groups is 1. The first-order chi connectivity index (χ1) is 12.1. The smallest absolute Gasteiger partial charge is 0.233 e. The Bertz CT molecular complexity index is 912. The molecule has 1 N–H and O–H groups in total. The molecule has 1 heterocycles. The monoisotopic (exact) mass is 352 g/mol. The molecule has 0 spiro atoms. The summed E-state index contributed by atoms with van der Waals surface area (Å²) in [6.45, 7) is 3.41. The van der Waals surface area contributed by atoms with Gasteiger partial charge < -0.3 is 9.88 Å². The first kappa shape index (κ1) is 16.2. The summed E-state index contributed by atoms with van der Waals surface area (Å²) in [6.07, 6.45) is 3.79. The van der Waals surface area contributed by atoms with Gasteiger partial charge in [-0.05, 0) is 49.1 Å². The van der Waals surface area contributed by atoms with E-state index >= 15 is 0 Å². The van der Waals surface area contributed by atoms with Gasteiger partial charge in [-0.25, -0.2) is 0 Å². The van der Waals surface area contributed by atoms with Gasteiger partial charge in [-0.2, -0.15) is 0 Å². The molecule has 3 aromatic rings. The summed E-state index contributed by atoms with van der Waals surface area (Å²) in [7, 11) is 0. The summed E-state index contributed by atoms with van der Waals surface area (Å²) >= 11 is 6.19. The van der Waals surface area contributed by atoms with Crippen LogP contribution < -0.4 is 0 Å². The Morgan fingerprint density at radius 1 is 1.20 bits per heavy atom. The van der Waals surface area contributed by atoms with E-state index in [-0.39, 0.29) is 5.91 Å². The van der Waals surface area contributed by atoms with Gasteiger partial charge in [-0.15, -0.1) is 0 Å². The quantitative estimate of drug-likeness (QED) is 0.696. The van der Waals surface area contributed by atoms with Crippen LogP contribution in [0.2, 0.25) is 5.02 Å². The van der Waals surface area contributed by atoms with Crippen LogP contribution in [-0.4, -0.2) is 22.3 Å². The minimum absolute atomic E-state index is 0.222. The summed E-state index contributed by atoms with van der Waals surface area (Å²) in [5, 5.41) is 1.77. The normalized spacial score (nSPS) is 15.3. The van der Waals surface area contributed by atoms with E-state index in [0.717, 1.165) is 34.9 Å². The number of benzene rings is 2. The molecule has 1 aromatic heterocycles. The lowest BCUT2D eigenvalue weighted by Gasteiger charge is -2.26. The van der Waals surface area contributed by atoms with Crippen LogP contribution >= 0.6 is 11.6 Å². The summed E-state index contributed by atoms with van der Waals surface area (Å²) in [4.78, 5) is 18.6. The number of amides is 1. The summed E-state index contributed by atoms with van der Waals surface area (Å²) in [5.74, 6) is 0.222. The molecule has 1 aliphatic carbocycles. The molecule has 0 saturated heterocycles. The highest BCUT2D eigenvalue weighted by Crippen LogP contribution is 2.52. The van der Waals surface area contributed by atoms with Crippen molar-refractivity contribution in [1.29, 1.82) is 0 Å². The van der Waals surface area contributed by atoms with Crippen LogP contribution in [0.15, 0.2) is 54.7 Å². The predicted octanol–water partition coefficient (Wildman–Crippen LogP) is 4.90. The number of nitrogens with one attached hydrogen (secondary N) is 1. The number of aromatic nitrogens is 1. The largest absolute Gasteiger partial charge is 0.361 e. The molecule has 1 amide bonds. The number of H-pyrrole nitrogens is 1. The number of fused-ring (bicyclic) bond motifs is 1. The van der Waals surface area contributed by atoms with E-state index in [1.807, 2.05) is 54.4 Å². The van der Waals surface area contributed by atoms with Crippen LogP contribution in [0.5, 0.6) is 0 Å². The molecule has 128 valence electrons. The number of halogens is 1. The van der Waals surface area contributed by atoms with E-state index in [9.17, 15) is 4.79 Å². The van der Waals surface area contributed by atoms with Gasteiger partial charge in [0.05, 0.1) is 5.41 Å². The maximum atomic E-state index is 13.4. The maximum Gasteiger partial charge on any atom is 0.233 e. The first-order valence-corrected chi connectivity index (χ1v) is 9.12. The van der Waals surface area contributed by atoms with Gasteiger partial charge in [0, 0.05) is 35.2 Å². The van der Waals surface area contributed by atoms with Crippen molar-refractivity contribution in [2.45, 2.75) is 31.7 Å². The fourth-order valence-electron chi connectivity index (χ4n) is 3.65. The minimum Gasteiger partial charge on any atom is -0.361 e. The van der Waals surface area contributed by atoms with Crippen LogP contribution in [0, 0.1) is 0 Å². The van der Waals surface area contributed by atoms with Gasteiger partial charge >= 0.3 is 0 Å². The molecule has 0 aliphatic heterocycles. The van der Waals surface area contributed by atoms with Crippen LogP contribution in [-0.2, 0) is 16.8 Å². The SMILES string of the molecule is CCN(Cc1ccccc1)C(=O)C1(c2c[nH]c3ccc(Cl)cc23)CC1. The summed E-state index contributed by atoms with van der Waals surface area (Å²) < 4.78 is 0. The number of rotatable bonds is 5. The average molecular weight is 353 g/mol. The van der Waals surface area contributed by atoms with Crippen molar-refractivity contribution in [1.82, 2.24) is 9.88 Å². The van der Waals surface area contributed by atoms with Crippen molar-refractivity contribution in [3.63, 3.8) is 0 Å². The lowest BCUT2D eigenvalue weighted by atomic mass is 9.93. The average Bonchev–Trinajstić information content (AvgIpc) is 3.34. The van der Waals surface area contributed by atoms with E-state index in [2.05, 4.69) is 17.1 Å². The van der Waals surface area contributed by atoms with Crippen molar-refractivity contribution < 1.29 is 4.79 Å². The van der Waals surface area contributed by atoms with Gasteiger partial charge in [0.25, 0.3) is 0 Å². The third kappa shape index (κ3) is 2.83. The van der Waals surface area contributed by atoms with Gasteiger partial charge in [-0.1, -0.05) is 41.9 Å². The molecule has 2 aromatic carbocycles. The second-order valence-electron chi connectivity index (χ2n) is 6.78. The van der Waals surface area contributed by atoms with Crippen LogP contribution in [0.25, 0.3) is 10.9 Å². The van der Waals surface area contributed by atoms with Crippen molar-refractivity contribution in [2.24, 2.45) is 0 Å². The summed E-state index contributed by atoms with van der Waals surface area (Å²) in [5.41, 5.74) is 2.88. The highest BCUT2D eigenvalue weighted by molar-refractivity contribution is 6.31. The second kappa shape index (κ2) is 6.23. The zero-order valence-corrected chi connectivity index (χ0v) is 15.0. The molecule has 1 fully saturated rings. The molecule has 0 bridgehead atoms. The van der Waals surface area contributed by atoms with Crippen LogP contribution in [0.3, 0.4) is 0 Å². The summed E-state index contributed by atoms with van der Waals surface area (Å²) in [6, 6.07) is 16.0. The highest BCUT2D eigenvalue weighted by atomic mass is 35.5. The van der Waals surface area contributed by atoms with Crippen molar-refractivity contribution >= 4 is 28.4 Å². The fraction of sp³-hybridized carbons (Fsp3) is 0.286. The molecule has 0 unspecified atom stereocenters. The predicted molar refractivity (Wildman–Crippen MR) is 102 cm³/mol. The lowest BCUT2D eigenvalue weighted by Crippen LogP contribution is -2.38. The maximum absolute atomic E-state index is 13.4. The Hall–Kier alpha value is -2.26. The molecular weight excluding hydrogens is 332 g/mol. The van der Waals surface area contributed by atoms with Gasteiger partial charge in [-0.3, -0.25) is 4.79 Å². The number of nitrogens with zero attached hydrogens (tertiary/aromatic N) is 1. The Kier molecular flexibility index (Phi) is 4.04. The minimum atomic E-state index is -0.395. The van der Waals surface area contributed by atoms with E-state index in [1.54, 1.807) is 0 Å². The molecule has 3 nitrogen and oxygen atoms in total. The van der Waals surface area contributed by atoms with E-state index in [0.29, 0.717) is 18.1 Å². The zero-order valence-electron chi connectivity index (χ0n) is 14.3. The second-order valence-corrected chi connectivity index (χ2v) is 7.22. The number of likely N-dealkylation sites (N-methyl/N-ethyl adjacent to an activating group) is 1. The Morgan fingerprint density at radius 2 is 1.96 bits per heavy atom.